The number of amides is 1. The third-order valence-corrected chi connectivity index (χ3v) is 2.64. The number of hydrogen-bond acceptors (Lipinski definition) is 5. The standard InChI is InChI=1S/C16H28N2O4/c1-12(2)6-7-13(3)15(19)18-14(4)16(20)22-11-10-21-9-8-17-5/h6-7,12,14,17H,3,8-11H2,1-2,4-5H3,(H,18,19). The van der Waals surface area contributed by atoms with Crippen molar-refractivity contribution in [2.24, 2.45) is 5.92 Å². The van der Waals surface area contributed by atoms with Gasteiger partial charge in [0.2, 0.25) is 0 Å². The number of ether oxygens (including phenoxy) is 2. The van der Waals surface area contributed by atoms with E-state index in [-0.39, 0.29) is 12.5 Å². The summed E-state index contributed by atoms with van der Waals surface area (Å²) in [5, 5.41) is 5.49. The van der Waals surface area contributed by atoms with Gasteiger partial charge in [-0.15, -0.1) is 0 Å². The first-order chi connectivity index (χ1) is 10.4. The summed E-state index contributed by atoms with van der Waals surface area (Å²) in [7, 11) is 1.83. The minimum Gasteiger partial charge on any atom is -0.462 e. The van der Waals surface area contributed by atoms with Crippen molar-refractivity contribution in [3.63, 3.8) is 0 Å². The van der Waals surface area contributed by atoms with Crippen LogP contribution in [0.4, 0.5) is 0 Å². The van der Waals surface area contributed by atoms with Gasteiger partial charge in [-0.25, -0.2) is 4.79 Å². The second kappa shape index (κ2) is 11.9. The summed E-state index contributed by atoms with van der Waals surface area (Å²) in [6.07, 6.45) is 3.51. The Hall–Kier alpha value is -1.66. The zero-order chi connectivity index (χ0) is 17.0. The van der Waals surface area contributed by atoms with Gasteiger partial charge < -0.3 is 20.1 Å². The molecule has 1 amide bonds. The summed E-state index contributed by atoms with van der Waals surface area (Å²) in [4.78, 5) is 23.5. The zero-order valence-corrected chi connectivity index (χ0v) is 14.0. The van der Waals surface area contributed by atoms with Crippen LogP contribution < -0.4 is 10.6 Å². The molecule has 6 nitrogen and oxygen atoms in total. The fraction of sp³-hybridized carbons (Fsp3) is 0.625. The Labute approximate surface area is 132 Å². The molecule has 0 fully saturated rings. The van der Waals surface area contributed by atoms with E-state index in [4.69, 9.17) is 9.47 Å². The predicted molar refractivity (Wildman–Crippen MR) is 86.4 cm³/mol. The van der Waals surface area contributed by atoms with E-state index in [0.29, 0.717) is 24.7 Å². The van der Waals surface area contributed by atoms with Gasteiger partial charge >= 0.3 is 5.97 Å². The predicted octanol–water partition coefficient (Wildman–Crippen LogP) is 1.04. The van der Waals surface area contributed by atoms with Crippen molar-refractivity contribution in [2.45, 2.75) is 26.8 Å². The minimum atomic E-state index is -0.728. The maximum absolute atomic E-state index is 11.8. The fourth-order valence-corrected chi connectivity index (χ4v) is 1.34. The fourth-order valence-electron chi connectivity index (χ4n) is 1.34. The monoisotopic (exact) mass is 312 g/mol. The summed E-state index contributed by atoms with van der Waals surface area (Å²) in [5.74, 6) is -0.548. The van der Waals surface area contributed by atoms with Crippen molar-refractivity contribution in [1.29, 1.82) is 0 Å². The third-order valence-electron chi connectivity index (χ3n) is 2.64. The van der Waals surface area contributed by atoms with Crippen LogP contribution in [0.15, 0.2) is 24.3 Å². The molecule has 0 aliphatic carbocycles. The smallest absolute Gasteiger partial charge is 0.328 e. The largest absolute Gasteiger partial charge is 0.462 e. The van der Waals surface area contributed by atoms with Gasteiger partial charge in [0.05, 0.1) is 13.2 Å². The van der Waals surface area contributed by atoms with Gasteiger partial charge in [-0.3, -0.25) is 4.79 Å². The van der Waals surface area contributed by atoms with E-state index in [2.05, 4.69) is 17.2 Å². The SMILES string of the molecule is C=C(C=CC(C)C)C(=O)NC(C)C(=O)OCCOCCNC. The summed E-state index contributed by atoms with van der Waals surface area (Å²) < 4.78 is 10.2. The Kier molecular flexibility index (Phi) is 11.0. The van der Waals surface area contributed by atoms with Gasteiger partial charge in [0.1, 0.15) is 12.6 Å². The Morgan fingerprint density at radius 2 is 1.86 bits per heavy atom. The number of rotatable bonds is 11. The normalized spacial score (nSPS) is 12.4. The average Bonchev–Trinajstić information content (AvgIpc) is 2.47. The number of carbonyl (C=O) groups is 2. The van der Waals surface area contributed by atoms with Crippen LogP contribution in [-0.4, -0.2) is 51.3 Å². The van der Waals surface area contributed by atoms with Crippen molar-refractivity contribution in [3.05, 3.63) is 24.3 Å². The summed E-state index contributed by atoms with van der Waals surface area (Å²) >= 11 is 0. The molecule has 0 rings (SSSR count). The first-order valence-corrected chi connectivity index (χ1v) is 7.45. The van der Waals surface area contributed by atoms with Gasteiger partial charge in [0, 0.05) is 12.1 Å². The van der Waals surface area contributed by atoms with Gasteiger partial charge in [-0.1, -0.05) is 32.6 Å². The van der Waals surface area contributed by atoms with Crippen LogP contribution in [0, 0.1) is 5.92 Å². The van der Waals surface area contributed by atoms with Crippen LogP contribution >= 0.6 is 0 Å². The van der Waals surface area contributed by atoms with Crippen LogP contribution in [0.25, 0.3) is 0 Å². The molecule has 1 unspecified atom stereocenters. The number of carbonyl (C=O) groups excluding carboxylic acids is 2. The van der Waals surface area contributed by atoms with Gasteiger partial charge in [0.25, 0.3) is 5.91 Å². The second-order valence-electron chi connectivity index (χ2n) is 5.21. The Bertz CT molecular complexity index is 392. The molecule has 0 aromatic heterocycles. The van der Waals surface area contributed by atoms with Crippen molar-refractivity contribution in [2.75, 3.05) is 33.4 Å². The van der Waals surface area contributed by atoms with E-state index in [9.17, 15) is 9.59 Å². The lowest BCUT2D eigenvalue weighted by Gasteiger charge is -2.13. The molecule has 1 atom stereocenters. The molecule has 0 radical (unpaired) electrons. The van der Waals surface area contributed by atoms with E-state index in [1.54, 1.807) is 13.0 Å². The topological polar surface area (TPSA) is 76.7 Å². The van der Waals surface area contributed by atoms with E-state index in [1.807, 2.05) is 27.0 Å². The van der Waals surface area contributed by atoms with E-state index in [0.717, 1.165) is 6.54 Å². The van der Waals surface area contributed by atoms with Crippen molar-refractivity contribution >= 4 is 11.9 Å². The summed E-state index contributed by atoms with van der Waals surface area (Å²) in [6, 6.07) is -0.728. The lowest BCUT2D eigenvalue weighted by atomic mass is 10.1. The van der Waals surface area contributed by atoms with Gasteiger partial charge in [0.15, 0.2) is 0 Å². The molecule has 0 aromatic rings. The molecule has 0 aliphatic heterocycles. The molecule has 0 saturated heterocycles. The highest BCUT2D eigenvalue weighted by molar-refractivity contribution is 5.97. The average molecular weight is 312 g/mol. The Balaban J connectivity index is 3.98. The number of likely N-dealkylation sites (N-methyl/N-ethyl adjacent to an activating group) is 1. The highest BCUT2D eigenvalue weighted by Crippen LogP contribution is 2.00. The first kappa shape index (κ1) is 20.3. The van der Waals surface area contributed by atoms with Crippen molar-refractivity contribution < 1.29 is 19.1 Å². The maximum Gasteiger partial charge on any atom is 0.328 e. The zero-order valence-electron chi connectivity index (χ0n) is 14.0. The number of allylic oxidation sites excluding steroid dienone is 1. The van der Waals surface area contributed by atoms with E-state index >= 15 is 0 Å². The van der Waals surface area contributed by atoms with Crippen molar-refractivity contribution in [3.8, 4) is 0 Å². The van der Waals surface area contributed by atoms with Crippen LogP contribution in [-0.2, 0) is 19.1 Å². The number of esters is 1. The van der Waals surface area contributed by atoms with Crippen LogP contribution in [0.5, 0.6) is 0 Å². The maximum atomic E-state index is 11.8. The second-order valence-corrected chi connectivity index (χ2v) is 5.21. The molecular weight excluding hydrogens is 284 g/mol. The van der Waals surface area contributed by atoms with E-state index in [1.165, 1.54) is 0 Å². The lowest BCUT2D eigenvalue weighted by molar-refractivity contribution is -0.148. The van der Waals surface area contributed by atoms with Gasteiger partial charge in [-0.05, 0) is 19.9 Å². The molecule has 0 bridgehead atoms. The van der Waals surface area contributed by atoms with Crippen LogP contribution in [0.2, 0.25) is 0 Å². The lowest BCUT2D eigenvalue weighted by Crippen LogP contribution is -2.40. The molecule has 0 aromatic carbocycles. The molecular formula is C16H28N2O4. The highest BCUT2D eigenvalue weighted by Gasteiger charge is 2.17. The first-order valence-electron chi connectivity index (χ1n) is 7.45. The quantitative estimate of drug-likeness (QED) is 0.258. The summed E-state index contributed by atoms with van der Waals surface area (Å²) in [6.45, 7) is 11.0. The number of nitrogens with one attached hydrogen (secondary N) is 2. The molecule has 0 heterocycles. The minimum absolute atomic E-state index is 0.164. The summed E-state index contributed by atoms with van der Waals surface area (Å²) in [5.41, 5.74) is 0.309. The Morgan fingerprint density at radius 1 is 1.18 bits per heavy atom. The van der Waals surface area contributed by atoms with Crippen LogP contribution in [0.1, 0.15) is 20.8 Å². The van der Waals surface area contributed by atoms with Crippen LogP contribution in [0.3, 0.4) is 0 Å². The third kappa shape index (κ3) is 10.1. The molecule has 2 N–H and O–H groups in total. The number of hydrogen-bond donors (Lipinski definition) is 2. The Morgan fingerprint density at radius 3 is 2.45 bits per heavy atom. The molecule has 0 spiro atoms. The van der Waals surface area contributed by atoms with Crippen molar-refractivity contribution in [1.82, 2.24) is 10.6 Å². The molecule has 0 saturated carbocycles. The molecule has 22 heavy (non-hydrogen) atoms. The van der Waals surface area contributed by atoms with Gasteiger partial charge in [-0.2, -0.15) is 0 Å². The molecule has 6 heteroatoms. The highest BCUT2D eigenvalue weighted by atomic mass is 16.6. The van der Waals surface area contributed by atoms with E-state index < -0.39 is 12.0 Å². The molecule has 126 valence electrons. The molecule has 0 aliphatic rings.